The molecule has 0 saturated carbocycles. The predicted molar refractivity (Wildman–Crippen MR) is 50.5 cm³/mol. The van der Waals surface area contributed by atoms with Crippen molar-refractivity contribution in [2.45, 2.75) is 6.29 Å². The molecule has 1 fully saturated rings. The van der Waals surface area contributed by atoms with E-state index in [1.165, 1.54) is 6.07 Å². The molecule has 5 heteroatoms. The Balaban J connectivity index is 1.90. The van der Waals surface area contributed by atoms with Gasteiger partial charge in [-0.1, -0.05) is 0 Å². The Morgan fingerprint density at radius 1 is 1.20 bits per heavy atom. The molecule has 0 unspecified atom stereocenters. The molecule has 0 aromatic heterocycles. The molecular weight excluding hydrogens is 204 g/mol. The van der Waals surface area contributed by atoms with Crippen LogP contribution in [0.4, 0.5) is 14.5 Å². The molecule has 0 spiro atoms. The number of nitrogens with one attached hydrogen (secondary N) is 1. The number of hydrogen-bond donors (Lipinski definition) is 1. The summed E-state index contributed by atoms with van der Waals surface area (Å²) >= 11 is 0. The molecule has 1 aromatic rings. The van der Waals surface area contributed by atoms with Crippen LogP contribution in [0.1, 0.15) is 0 Å². The molecule has 0 bridgehead atoms. The van der Waals surface area contributed by atoms with Crippen LogP contribution >= 0.6 is 0 Å². The normalized spacial score (nSPS) is 16.9. The van der Waals surface area contributed by atoms with Crippen LogP contribution in [-0.4, -0.2) is 26.0 Å². The van der Waals surface area contributed by atoms with Gasteiger partial charge >= 0.3 is 0 Å². The molecule has 0 atom stereocenters. The Hall–Kier alpha value is -1.20. The number of benzene rings is 1. The van der Waals surface area contributed by atoms with Crippen molar-refractivity contribution in [2.24, 2.45) is 0 Å². The number of hydrogen-bond acceptors (Lipinski definition) is 3. The lowest BCUT2D eigenvalue weighted by Crippen LogP contribution is -2.20. The topological polar surface area (TPSA) is 30.5 Å². The zero-order chi connectivity index (χ0) is 10.7. The van der Waals surface area contributed by atoms with E-state index in [-0.39, 0.29) is 6.29 Å². The fourth-order valence-corrected chi connectivity index (χ4v) is 1.33. The van der Waals surface area contributed by atoms with E-state index in [4.69, 9.17) is 9.47 Å². The van der Waals surface area contributed by atoms with Crippen LogP contribution in [0.2, 0.25) is 0 Å². The first-order valence-electron chi connectivity index (χ1n) is 4.68. The predicted octanol–water partition coefficient (Wildman–Crippen LogP) is 1.75. The van der Waals surface area contributed by atoms with Crippen LogP contribution < -0.4 is 5.32 Å². The van der Waals surface area contributed by atoms with Crippen LogP contribution in [0.3, 0.4) is 0 Å². The maximum absolute atomic E-state index is 12.8. The Bertz CT molecular complexity index is 340. The average Bonchev–Trinajstić information content (AvgIpc) is 2.73. The van der Waals surface area contributed by atoms with Crippen LogP contribution in [0.5, 0.6) is 0 Å². The van der Waals surface area contributed by atoms with Crippen molar-refractivity contribution >= 4 is 5.69 Å². The third-order valence-electron chi connectivity index (χ3n) is 2.08. The molecule has 1 heterocycles. The summed E-state index contributed by atoms with van der Waals surface area (Å²) in [6.45, 7) is 1.57. The van der Waals surface area contributed by atoms with Crippen LogP contribution in [-0.2, 0) is 9.47 Å². The number of anilines is 1. The first-order valence-corrected chi connectivity index (χ1v) is 4.68. The van der Waals surface area contributed by atoms with E-state index in [1.807, 2.05) is 0 Å². The van der Waals surface area contributed by atoms with Gasteiger partial charge in [0, 0.05) is 11.8 Å². The third kappa shape index (κ3) is 2.64. The molecule has 0 amide bonds. The van der Waals surface area contributed by atoms with Gasteiger partial charge in [0.05, 0.1) is 19.8 Å². The maximum Gasteiger partial charge on any atom is 0.174 e. The molecule has 1 aromatic carbocycles. The SMILES string of the molecule is Fc1ccc(NCC2OCCO2)cc1F. The van der Waals surface area contributed by atoms with Gasteiger partial charge in [-0.25, -0.2) is 8.78 Å². The molecule has 0 aliphatic carbocycles. The fraction of sp³-hybridized carbons (Fsp3) is 0.400. The second-order valence-electron chi connectivity index (χ2n) is 3.18. The molecule has 15 heavy (non-hydrogen) atoms. The molecule has 1 N–H and O–H groups in total. The summed E-state index contributed by atoms with van der Waals surface area (Å²) in [6.07, 6.45) is -0.307. The zero-order valence-electron chi connectivity index (χ0n) is 8.00. The standard InChI is InChI=1S/C10H11F2NO2/c11-8-2-1-7(5-9(8)12)13-6-10-14-3-4-15-10/h1-2,5,10,13H,3-4,6H2. The first-order chi connectivity index (χ1) is 7.25. The maximum atomic E-state index is 12.8. The van der Waals surface area contributed by atoms with Crippen molar-refractivity contribution < 1.29 is 18.3 Å². The van der Waals surface area contributed by atoms with Crippen molar-refractivity contribution in [2.75, 3.05) is 25.1 Å². The fourth-order valence-electron chi connectivity index (χ4n) is 1.33. The van der Waals surface area contributed by atoms with Gasteiger partial charge < -0.3 is 14.8 Å². The van der Waals surface area contributed by atoms with Crippen LogP contribution in [0, 0.1) is 11.6 Å². The van der Waals surface area contributed by atoms with Crippen LogP contribution in [0.25, 0.3) is 0 Å². The van der Waals surface area contributed by atoms with E-state index in [0.717, 1.165) is 12.1 Å². The molecule has 1 saturated heterocycles. The minimum Gasteiger partial charge on any atom is -0.380 e. The minimum absolute atomic E-state index is 0.307. The van der Waals surface area contributed by atoms with Gasteiger partial charge in [0.2, 0.25) is 0 Å². The second-order valence-corrected chi connectivity index (χ2v) is 3.18. The third-order valence-corrected chi connectivity index (χ3v) is 2.08. The Kier molecular flexibility index (Phi) is 3.13. The number of rotatable bonds is 3. The van der Waals surface area contributed by atoms with E-state index in [0.29, 0.717) is 25.4 Å². The average molecular weight is 215 g/mol. The molecule has 0 radical (unpaired) electrons. The molecule has 1 aliphatic heterocycles. The summed E-state index contributed by atoms with van der Waals surface area (Å²) in [6, 6.07) is 3.64. The Morgan fingerprint density at radius 2 is 1.93 bits per heavy atom. The van der Waals surface area contributed by atoms with E-state index in [1.54, 1.807) is 0 Å². The van der Waals surface area contributed by atoms with Gasteiger partial charge in [-0.05, 0) is 12.1 Å². The number of halogens is 2. The van der Waals surface area contributed by atoms with Crippen molar-refractivity contribution in [3.05, 3.63) is 29.8 Å². The van der Waals surface area contributed by atoms with E-state index >= 15 is 0 Å². The van der Waals surface area contributed by atoms with Crippen molar-refractivity contribution in [3.63, 3.8) is 0 Å². The van der Waals surface area contributed by atoms with Crippen LogP contribution in [0.15, 0.2) is 18.2 Å². The second kappa shape index (κ2) is 4.55. The highest BCUT2D eigenvalue weighted by Gasteiger charge is 2.15. The quantitative estimate of drug-likeness (QED) is 0.833. The summed E-state index contributed by atoms with van der Waals surface area (Å²) in [7, 11) is 0. The van der Waals surface area contributed by atoms with E-state index in [9.17, 15) is 8.78 Å². The molecular formula is C10H11F2NO2. The molecule has 3 nitrogen and oxygen atoms in total. The highest BCUT2D eigenvalue weighted by atomic mass is 19.2. The summed E-state index contributed by atoms with van der Waals surface area (Å²) in [5, 5.41) is 2.90. The summed E-state index contributed by atoms with van der Waals surface area (Å²) in [4.78, 5) is 0. The lowest BCUT2D eigenvalue weighted by Gasteiger charge is -2.11. The van der Waals surface area contributed by atoms with Gasteiger partial charge in [-0.3, -0.25) is 0 Å². The van der Waals surface area contributed by atoms with Crippen molar-refractivity contribution in [1.29, 1.82) is 0 Å². The van der Waals surface area contributed by atoms with E-state index in [2.05, 4.69) is 5.32 Å². The summed E-state index contributed by atoms with van der Waals surface area (Å²) in [5.74, 6) is -1.72. The highest BCUT2D eigenvalue weighted by molar-refractivity contribution is 5.43. The minimum atomic E-state index is -0.867. The largest absolute Gasteiger partial charge is 0.380 e. The van der Waals surface area contributed by atoms with Gasteiger partial charge in [0.15, 0.2) is 17.9 Å². The monoisotopic (exact) mass is 215 g/mol. The summed E-state index contributed by atoms with van der Waals surface area (Å²) in [5.41, 5.74) is 0.507. The molecule has 82 valence electrons. The Morgan fingerprint density at radius 3 is 2.60 bits per heavy atom. The lowest BCUT2D eigenvalue weighted by atomic mass is 10.3. The summed E-state index contributed by atoms with van der Waals surface area (Å²) < 4.78 is 35.7. The molecule has 2 rings (SSSR count). The van der Waals surface area contributed by atoms with Gasteiger partial charge in [0.1, 0.15) is 0 Å². The zero-order valence-corrected chi connectivity index (χ0v) is 8.00. The highest BCUT2D eigenvalue weighted by Crippen LogP contribution is 2.13. The van der Waals surface area contributed by atoms with Crippen molar-refractivity contribution in [1.82, 2.24) is 0 Å². The smallest absolute Gasteiger partial charge is 0.174 e. The lowest BCUT2D eigenvalue weighted by molar-refractivity contribution is -0.0299. The van der Waals surface area contributed by atoms with Gasteiger partial charge in [-0.2, -0.15) is 0 Å². The number of ether oxygens (including phenoxy) is 2. The van der Waals surface area contributed by atoms with E-state index < -0.39 is 11.6 Å². The van der Waals surface area contributed by atoms with Gasteiger partial charge in [0.25, 0.3) is 0 Å². The van der Waals surface area contributed by atoms with Crippen molar-refractivity contribution in [3.8, 4) is 0 Å². The molecule has 1 aliphatic rings. The Labute approximate surface area is 86.0 Å². The first kappa shape index (κ1) is 10.3. The van der Waals surface area contributed by atoms with Gasteiger partial charge in [-0.15, -0.1) is 0 Å².